The summed E-state index contributed by atoms with van der Waals surface area (Å²) in [6.45, 7) is 7.39. The number of hydrogen-bond donors (Lipinski definition) is 1. The second kappa shape index (κ2) is 8.24. The molecule has 0 amide bonds. The van der Waals surface area contributed by atoms with E-state index in [0.717, 1.165) is 49.1 Å². The molecule has 1 saturated heterocycles. The van der Waals surface area contributed by atoms with Crippen LogP contribution in [0, 0.1) is 12.7 Å². The Bertz CT molecular complexity index is 934. The summed E-state index contributed by atoms with van der Waals surface area (Å²) >= 11 is 6.17. The summed E-state index contributed by atoms with van der Waals surface area (Å²) < 4.78 is 14.9. The number of quaternary nitrogens is 1. The van der Waals surface area contributed by atoms with E-state index in [0.29, 0.717) is 6.54 Å². The predicted molar refractivity (Wildman–Crippen MR) is 106 cm³/mol. The fourth-order valence-corrected chi connectivity index (χ4v) is 3.79. The quantitative estimate of drug-likeness (QED) is 0.707. The molecule has 28 heavy (non-hydrogen) atoms. The maximum absolute atomic E-state index is 13.1. The van der Waals surface area contributed by atoms with Gasteiger partial charge in [-0.25, -0.2) is 9.07 Å². The van der Waals surface area contributed by atoms with Crippen LogP contribution in [0.4, 0.5) is 10.1 Å². The van der Waals surface area contributed by atoms with E-state index >= 15 is 0 Å². The minimum absolute atomic E-state index is 0.238. The Hall–Kier alpha value is -2.51. The van der Waals surface area contributed by atoms with Crippen LogP contribution in [0.1, 0.15) is 17.0 Å². The molecule has 2 aromatic carbocycles. The Morgan fingerprint density at radius 2 is 1.86 bits per heavy atom. The van der Waals surface area contributed by atoms with Crippen LogP contribution in [-0.2, 0) is 13.1 Å². The lowest BCUT2D eigenvalue weighted by Gasteiger charge is -2.34. The van der Waals surface area contributed by atoms with E-state index in [4.69, 9.17) is 11.6 Å². The highest BCUT2D eigenvalue weighted by Crippen LogP contribution is 2.24. The van der Waals surface area contributed by atoms with Crippen molar-refractivity contribution in [2.75, 3.05) is 31.1 Å². The smallest absolute Gasteiger partial charge is 0.206 e. The van der Waals surface area contributed by atoms with Crippen LogP contribution in [0.15, 0.2) is 42.5 Å². The average Bonchev–Trinajstić information content (AvgIpc) is 3.13. The Labute approximate surface area is 168 Å². The summed E-state index contributed by atoms with van der Waals surface area (Å²) in [6, 6.07) is 12.5. The Balaban J connectivity index is 1.37. The van der Waals surface area contributed by atoms with E-state index in [1.54, 1.807) is 16.8 Å². The molecular weight excluding hydrogens is 379 g/mol. The molecule has 6 nitrogen and oxygen atoms in total. The first-order valence-electron chi connectivity index (χ1n) is 9.42. The van der Waals surface area contributed by atoms with Crippen LogP contribution < -0.4 is 9.80 Å². The van der Waals surface area contributed by atoms with Crippen LogP contribution >= 0.6 is 11.6 Å². The summed E-state index contributed by atoms with van der Waals surface area (Å²) in [7, 11) is 0. The predicted octanol–water partition coefficient (Wildman–Crippen LogP) is 1.73. The first-order chi connectivity index (χ1) is 13.6. The number of aryl methyl sites for hydroxylation is 1. The van der Waals surface area contributed by atoms with Gasteiger partial charge in [-0.1, -0.05) is 29.8 Å². The van der Waals surface area contributed by atoms with Gasteiger partial charge in [-0.2, -0.15) is 0 Å². The van der Waals surface area contributed by atoms with Gasteiger partial charge in [0.25, 0.3) is 0 Å². The number of nitrogens with one attached hydrogen (secondary N) is 1. The van der Waals surface area contributed by atoms with Crippen molar-refractivity contribution in [1.82, 2.24) is 20.2 Å². The van der Waals surface area contributed by atoms with Gasteiger partial charge in [0, 0.05) is 10.7 Å². The number of aromatic nitrogens is 4. The zero-order valence-corrected chi connectivity index (χ0v) is 16.5. The van der Waals surface area contributed by atoms with Gasteiger partial charge < -0.3 is 9.80 Å². The van der Waals surface area contributed by atoms with Crippen molar-refractivity contribution >= 4 is 17.3 Å². The molecule has 4 rings (SSSR count). The molecule has 1 fully saturated rings. The van der Waals surface area contributed by atoms with E-state index in [1.165, 1.54) is 28.3 Å². The SMILES string of the molecule is Cc1ccc(Cl)cc1N1CC[NH+](Cc2nnnn2Cc2ccc(F)cc2)CC1. The third-order valence-electron chi connectivity index (χ3n) is 5.24. The first-order valence-corrected chi connectivity index (χ1v) is 9.80. The molecule has 3 aromatic rings. The lowest BCUT2D eigenvalue weighted by atomic mass is 10.1. The Morgan fingerprint density at radius 3 is 2.61 bits per heavy atom. The topological polar surface area (TPSA) is 51.3 Å². The molecule has 0 aliphatic carbocycles. The highest BCUT2D eigenvalue weighted by atomic mass is 35.5. The van der Waals surface area contributed by atoms with Crippen LogP contribution in [0.5, 0.6) is 0 Å². The largest absolute Gasteiger partial charge is 0.360 e. The summed E-state index contributed by atoms with van der Waals surface area (Å²) in [6.07, 6.45) is 0. The molecule has 1 aliphatic rings. The van der Waals surface area contributed by atoms with Gasteiger partial charge >= 0.3 is 0 Å². The van der Waals surface area contributed by atoms with E-state index < -0.39 is 0 Å². The summed E-state index contributed by atoms with van der Waals surface area (Å²) in [5.74, 6) is 0.615. The number of halogens is 2. The van der Waals surface area contributed by atoms with Gasteiger partial charge in [0.1, 0.15) is 12.4 Å². The second-order valence-corrected chi connectivity index (χ2v) is 7.66. The number of tetrazole rings is 1. The molecular formula is C20H23ClFN6+. The zero-order chi connectivity index (χ0) is 19.5. The third kappa shape index (κ3) is 4.31. The molecule has 1 N–H and O–H groups in total. The lowest BCUT2D eigenvalue weighted by molar-refractivity contribution is -0.915. The number of anilines is 1. The first kappa shape index (κ1) is 18.8. The maximum atomic E-state index is 13.1. The molecule has 0 spiro atoms. The highest BCUT2D eigenvalue weighted by molar-refractivity contribution is 6.30. The third-order valence-corrected chi connectivity index (χ3v) is 5.48. The van der Waals surface area contributed by atoms with E-state index in [2.05, 4.69) is 33.4 Å². The maximum Gasteiger partial charge on any atom is 0.206 e. The van der Waals surface area contributed by atoms with E-state index in [-0.39, 0.29) is 5.82 Å². The van der Waals surface area contributed by atoms with E-state index in [1.807, 2.05) is 12.1 Å². The molecule has 0 saturated carbocycles. The number of hydrogen-bond acceptors (Lipinski definition) is 4. The van der Waals surface area contributed by atoms with Gasteiger partial charge in [-0.3, -0.25) is 0 Å². The summed E-state index contributed by atoms with van der Waals surface area (Å²) in [4.78, 5) is 3.85. The van der Waals surface area contributed by atoms with Gasteiger partial charge in [0.05, 0.1) is 32.7 Å². The fraction of sp³-hybridized carbons (Fsp3) is 0.350. The highest BCUT2D eigenvalue weighted by Gasteiger charge is 2.23. The van der Waals surface area contributed by atoms with Crippen LogP contribution in [0.25, 0.3) is 0 Å². The van der Waals surface area contributed by atoms with Crippen molar-refractivity contribution in [3.63, 3.8) is 0 Å². The van der Waals surface area contributed by atoms with Crippen LogP contribution in [0.3, 0.4) is 0 Å². The van der Waals surface area contributed by atoms with E-state index in [9.17, 15) is 4.39 Å². The number of piperazine rings is 1. The minimum Gasteiger partial charge on any atom is -0.360 e. The molecule has 2 heterocycles. The van der Waals surface area contributed by atoms with Gasteiger partial charge in [-0.05, 0) is 52.7 Å². The molecule has 8 heteroatoms. The molecule has 1 aliphatic heterocycles. The summed E-state index contributed by atoms with van der Waals surface area (Å²) in [5.41, 5.74) is 3.44. The van der Waals surface area contributed by atoms with Crippen molar-refractivity contribution in [3.8, 4) is 0 Å². The molecule has 0 unspecified atom stereocenters. The minimum atomic E-state index is -0.238. The molecule has 1 aromatic heterocycles. The number of rotatable bonds is 5. The van der Waals surface area contributed by atoms with Gasteiger partial charge in [-0.15, -0.1) is 5.10 Å². The standard InChI is InChI=1S/C20H22ClFN6/c1-15-2-5-17(21)12-19(15)27-10-8-26(9-11-27)14-20-23-24-25-28(20)13-16-3-6-18(22)7-4-16/h2-7,12H,8-11,13-14H2,1H3/p+1. The normalized spacial score (nSPS) is 15.2. The lowest BCUT2D eigenvalue weighted by Crippen LogP contribution is -3.13. The Morgan fingerprint density at radius 1 is 1.11 bits per heavy atom. The van der Waals surface area contributed by atoms with Crippen molar-refractivity contribution < 1.29 is 9.29 Å². The average molecular weight is 402 g/mol. The van der Waals surface area contributed by atoms with Crippen molar-refractivity contribution in [3.05, 3.63) is 70.3 Å². The summed E-state index contributed by atoms with van der Waals surface area (Å²) in [5, 5.41) is 12.9. The van der Waals surface area contributed by atoms with Crippen molar-refractivity contribution in [2.24, 2.45) is 0 Å². The molecule has 146 valence electrons. The van der Waals surface area contributed by atoms with Crippen LogP contribution in [0.2, 0.25) is 5.02 Å². The molecule has 0 bridgehead atoms. The fourth-order valence-electron chi connectivity index (χ4n) is 3.62. The Kier molecular flexibility index (Phi) is 5.54. The zero-order valence-electron chi connectivity index (χ0n) is 15.8. The van der Waals surface area contributed by atoms with Gasteiger partial charge in [0.2, 0.25) is 5.82 Å². The number of benzene rings is 2. The van der Waals surface area contributed by atoms with Crippen LogP contribution in [-0.4, -0.2) is 46.4 Å². The molecule has 0 atom stereocenters. The monoisotopic (exact) mass is 401 g/mol. The van der Waals surface area contributed by atoms with Gasteiger partial charge in [0.15, 0.2) is 0 Å². The molecule has 0 radical (unpaired) electrons. The van der Waals surface area contributed by atoms with Crippen molar-refractivity contribution in [2.45, 2.75) is 20.0 Å². The van der Waals surface area contributed by atoms with Crippen molar-refractivity contribution in [1.29, 1.82) is 0 Å². The number of nitrogens with zero attached hydrogens (tertiary/aromatic N) is 5. The second-order valence-electron chi connectivity index (χ2n) is 7.22.